The van der Waals surface area contributed by atoms with Gasteiger partial charge >= 0.3 is 6.09 Å². The molecule has 2 aromatic heterocycles. The lowest BCUT2D eigenvalue weighted by molar-refractivity contribution is 0.0215. The van der Waals surface area contributed by atoms with Crippen LogP contribution in [0, 0.1) is 5.82 Å². The van der Waals surface area contributed by atoms with Gasteiger partial charge in [-0.25, -0.2) is 24.1 Å². The van der Waals surface area contributed by atoms with Gasteiger partial charge in [0.2, 0.25) is 0 Å². The molecule has 1 aliphatic heterocycles. The zero-order valence-corrected chi connectivity index (χ0v) is 21.7. The van der Waals surface area contributed by atoms with Crippen molar-refractivity contribution >= 4 is 62.1 Å². The molecule has 32 heavy (non-hydrogen) atoms. The highest BCUT2D eigenvalue weighted by Crippen LogP contribution is 2.37. The van der Waals surface area contributed by atoms with Crippen LogP contribution in [-0.4, -0.2) is 63.0 Å². The molecule has 1 unspecified atom stereocenters. The Morgan fingerprint density at radius 3 is 2.72 bits per heavy atom. The molecule has 0 spiro atoms. The Morgan fingerprint density at radius 1 is 1.38 bits per heavy atom. The van der Waals surface area contributed by atoms with Crippen molar-refractivity contribution in [1.29, 1.82) is 0 Å². The molecule has 3 rings (SSSR count). The number of pyridine rings is 1. The van der Waals surface area contributed by atoms with Crippen molar-refractivity contribution in [2.24, 2.45) is 0 Å². The first-order valence-corrected chi connectivity index (χ1v) is 12.4. The molecule has 1 fully saturated rings. The summed E-state index contributed by atoms with van der Waals surface area (Å²) in [6, 6.07) is -0.128. The molecule has 3 heterocycles. The Labute approximate surface area is 204 Å². The normalized spacial score (nSPS) is 17.0. The van der Waals surface area contributed by atoms with Gasteiger partial charge in [0, 0.05) is 19.6 Å². The van der Waals surface area contributed by atoms with Crippen LogP contribution >= 0.6 is 39.3 Å². The number of piperazine rings is 1. The Morgan fingerprint density at radius 2 is 2.09 bits per heavy atom. The van der Waals surface area contributed by atoms with E-state index in [1.807, 2.05) is 27.7 Å². The van der Waals surface area contributed by atoms with Gasteiger partial charge in [-0.1, -0.05) is 36.4 Å². The first-order chi connectivity index (χ1) is 15.1. The molecule has 0 bridgehead atoms. The van der Waals surface area contributed by atoms with E-state index in [0.717, 1.165) is 5.75 Å². The third-order valence-electron chi connectivity index (χ3n) is 4.78. The number of halogens is 3. The molecule has 0 N–H and O–H groups in total. The highest BCUT2D eigenvalue weighted by molar-refractivity contribution is 9.10. The van der Waals surface area contributed by atoms with Gasteiger partial charge in [-0.15, -0.1) is 6.58 Å². The quantitative estimate of drug-likeness (QED) is 0.206. The monoisotopic (exact) mass is 545 g/mol. The summed E-state index contributed by atoms with van der Waals surface area (Å²) in [5.74, 6) is 0.602. The number of amides is 1. The Bertz CT molecular complexity index is 1040. The van der Waals surface area contributed by atoms with Crippen LogP contribution in [0.4, 0.5) is 15.0 Å². The summed E-state index contributed by atoms with van der Waals surface area (Å²) < 4.78 is 20.8. The average molecular weight is 547 g/mol. The minimum Gasteiger partial charge on any atom is -0.444 e. The molecular weight excluding hydrogens is 521 g/mol. The predicted octanol–water partition coefficient (Wildman–Crippen LogP) is 5.69. The van der Waals surface area contributed by atoms with E-state index in [9.17, 15) is 9.18 Å². The van der Waals surface area contributed by atoms with Crippen molar-refractivity contribution in [3.05, 3.63) is 28.2 Å². The van der Waals surface area contributed by atoms with Gasteiger partial charge in [-0.3, -0.25) is 0 Å². The van der Waals surface area contributed by atoms with Crippen LogP contribution in [0.15, 0.2) is 22.4 Å². The highest BCUT2D eigenvalue weighted by atomic mass is 79.9. The third-order valence-corrected chi connectivity index (χ3v) is 6.33. The molecular formula is C21H26BrClFN5O2S. The third kappa shape index (κ3) is 5.46. The van der Waals surface area contributed by atoms with E-state index in [2.05, 4.69) is 37.4 Å². The summed E-state index contributed by atoms with van der Waals surface area (Å²) in [5.41, 5.74) is -0.463. The van der Waals surface area contributed by atoms with E-state index in [1.54, 1.807) is 11.0 Å². The number of anilines is 1. The van der Waals surface area contributed by atoms with Crippen LogP contribution in [0.1, 0.15) is 34.1 Å². The Hall–Kier alpha value is -1.65. The second-order valence-electron chi connectivity index (χ2n) is 8.29. The van der Waals surface area contributed by atoms with Crippen molar-refractivity contribution in [1.82, 2.24) is 19.9 Å². The van der Waals surface area contributed by atoms with Crippen LogP contribution < -0.4 is 4.90 Å². The molecule has 7 nitrogen and oxygen atoms in total. The van der Waals surface area contributed by atoms with E-state index in [0.29, 0.717) is 47.0 Å². The van der Waals surface area contributed by atoms with Gasteiger partial charge < -0.3 is 14.5 Å². The number of aromatic nitrogens is 3. The first kappa shape index (κ1) is 25.0. The summed E-state index contributed by atoms with van der Waals surface area (Å²) in [5, 5.41) is 0.654. The van der Waals surface area contributed by atoms with Crippen molar-refractivity contribution in [2.45, 2.75) is 50.9 Å². The van der Waals surface area contributed by atoms with E-state index in [1.165, 1.54) is 11.8 Å². The first-order valence-electron chi connectivity index (χ1n) is 10.3. The predicted molar refractivity (Wildman–Crippen MR) is 130 cm³/mol. The van der Waals surface area contributed by atoms with E-state index in [4.69, 9.17) is 21.3 Å². The number of ether oxygens (including phenoxy) is 1. The fraction of sp³-hybridized carbons (Fsp3) is 0.524. The molecule has 1 amide bonds. The summed E-state index contributed by atoms with van der Waals surface area (Å²) in [4.78, 5) is 29.6. The van der Waals surface area contributed by atoms with E-state index < -0.39 is 11.4 Å². The van der Waals surface area contributed by atoms with E-state index in [-0.39, 0.29) is 22.8 Å². The van der Waals surface area contributed by atoms with Gasteiger partial charge in [0.25, 0.3) is 0 Å². The maximum Gasteiger partial charge on any atom is 0.410 e. The molecule has 2 aromatic rings. The molecule has 1 saturated heterocycles. The SMILES string of the molecule is C=CCC1CN(C(=O)OC(C)(C)C)CCN1c1nc(SCC)nc2c(F)c(Cl)nc(Br)c12. The van der Waals surface area contributed by atoms with E-state index >= 15 is 0 Å². The van der Waals surface area contributed by atoms with Gasteiger partial charge in [0.15, 0.2) is 16.1 Å². The summed E-state index contributed by atoms with van der Waals surface area (Å²) in [6.07, 6.45) is 2.04. The average Bonchev–Trinajstić information content (AvgIpc) is 2.70. The second-order valence-corrected chi connectivity index (χ2v) is 10.6. The minimum absolute atomic E-state index is 0.116. The molecule has 11 heteroatoms. The number of hydrogen-bond acceptors (Lipinski definition) is 7. The summed E-state index contributed by atoms with van der Waals surface area (Å²) in [6.45, 7) is 12.7. The number of hydrogen-bond donors (Lipinski definition) is 0. The highest BCUT2D eigenvalue weighted by Gasteiger charge is 2.34. The zero-order valence-electron chi connectivity index (χ0n) is 18.5. The van der Waals surface area contributed by atoms with Crippen LogP contribution in [0.2, 0.25) is 5.15 Å². The molecule has 0 radical (unpaired) electrons. The Balaban J connectivity index is 2.05. The lowest BCUT2D eigenvalue weighted by Crippen LogP contribution is -2.55. The van der Waals surface area contributed by atoms with Gasteiger partial charge in [0.05, 0.1) is 11.4 Å². The van der Waals surface area contributed by atoms with Gasteiger partial charge in [-0.2, -0.15) is 0 Å². The topological polar surface area (TPSA) is 71.5 Å². The molecule has 1 atom stereocenters. The lowest BCUT2D eigenvalue weighted by atomic mass is 10.1. The smallest absolute Gasteiger partial charge is 0.410 e. The molecule has 1 aliphatic rings. The van der Waals surface area contributed by atoms with Crippen molar-refractivity contribution in [3.8, 4) is 0 Å². The summed E-state index contributed by atoms with van der Waals surface area (Å²) >= 11 is 10.8. The number of carbonyl (C=O) groups is 1. The zero-order chi connectivity index (χ0) is 23.6. The largest absolute Gasteiger partial charge is 0.444 e. The number of thioether (sulfide) groups is 1. The number of carbonyl (C=O) groups excluding carboxylic acids is 1. The van der Waals surface area contributed by atoms with Gasteiger partial charge in [-0.05, 0) is 48.9 Å². The number of fused-ring (bicyclic) bond motifs is 1. The minimum atomic E-state index is -0.681. The Kier molecular flexibility index (Phi) is 7.88. The lowest BCUT2D eigenvalue weighted by Gasteiger charge is -2.42. The van der Waals surface area contributed by atoms with Gasteiger partial charge in [0.1, 0.15) is 21.5 Å². The van der Waals surface area contributed by atoms with Crippen molar-refractivity contribution in [2.75, 3.05) is 30.3 Å². The van der Waals surface area contributed by atoms with Crippen LogP contribution in [0.5, 0.6) is 0 Å². The fourth-order valence-corrected chi connectivity index (χ4v) is 4.87. The maximum absolute atomic E-state index is 14.9. The maximum atomic E-state index is 14.9. The van der Waals surface area contributed by atoms with Crippen LogP contribution in [0.3, 0.4) is 0 Å². The van der Waals surface area contributed by atoms with Crippen LogP contribution in [-0.2, 0) is 4.74 Å². The van der Waals surface area contributed by atoms with Crippen LogP contribution in [0.25, 0.3) is 10.9 Å². The summed E-state index contributed by atoms with van der Waals surface area (Å²) in [7, 11) is 0. The second kappa shape index (κ2) is 10.1. The van der Waals surface area contributed by atoms with Crippen molar-refractivity contribution < 1.29 is 13.9 Å². The molecule has 0 saturated carbocycles. The number of nitrogens with zero attached hydrogens (tertiary/aromatic N) is 5. The standard InChI is InChI=1S/C21H26BrClFN5O2S/c1-6-8-12-11-28(20(30)31-21(3,4)5)9-10-29(12)18-13-15(25-19(27-18)32-7-2)14(24)17(23)26-16(13)22/h6,12H,1,7-11H2,2-5H3. The fourth-order valence-electron chi connectivity index (χ4n) is 3.49. The molecule has 174 valence electrons. The molecule has 0 aliphatic carbocycles. The molecule has 0 aromatic carbocycles. The number of rotatable bonds is 5. The van der Waals surface area contributed by atoms with Crippen molar-refractivity contribution in [3.63, 3.8) is 0 Å².